The molecule has 5 nitrogen and oxygen atoms in total. The topological polar surface area (TPSA) is 69.6 Å². The molecular formula is C13H26N2O3. The van der Waals surface area contributed by atoms with E-state index >= 15 is 0 Å². The van der Waals surface area contributed by atoms with Gasteiger partial charge in [0.25, 0.3) is 0 Å². The molecule has 0 aromatic heterocycles. The average molecular weight is 258 g/mol. The Bertz CT molecular complexity index is 310. The number of hydrogen-bond acceptors (Lipinski definition) is 2. The summed E-state index contributed by atoms with van der Waals surface area (Å²) in [4.78, 5) is 24.4. The third kappa shape index (κ3) is 4.55. The first kappa shape index (κ1) is 16.7. The predicted molar refractivity (Wildman–Crippen MR) is 71.5 cm³/mol. The smallest absolute Gasteiger partial charge is 0.317 e. The number of carboxylic acid groups (broad SMARTS) is 1. The van der Waals surface area contributed by atoms with E-state index in [1.807, 2.05) is 6.92 Å². The number of nitrogens with one attached hydrogen (secondary N) is 1. The SMILES string of the molecule is CC(NC(=O)N(C)C(C)C(C)(C)C)C(C)C(=O)O. The maximum Gasteiger partial charge on any atom is 0.317 e. The molecule has 2 N–H and O–H groups in total. The number of nitrogens with zero attached hydrogens (tertiary/aromatic N) is 1. The van der Waals surface area contributed by atoms with Gasteiger partial charge in [-0.15, -0.1) is 0 Å². The summed E-state index contributed by atoms with van der Waals surface area (Å²) in [5.41, 5.74) is -0.0201. The van der Waals surface area contributed by atoms with Crippen molar-refractivity contribution in [3.8, 4) is 0 Å². The number of carbonyl (C=O) groups is 2. The Morgan fingerprint density at radius 2 is 1.61 bits per heavy atom. The number of carbonyl (C=O) groups excluding carboxylic acids is 1. The number of amides is 2. The van der Waals surface area contributed by atoms with Gasteiger partial charge in [-0.25, -0.2) is 4.79 Å². The summed E-state index contributed by atoms with van der Waals surface area (Å²) in [6, 6.07) is -0.576. The fourth-order valence-corrected chi connectivity index (χ4v) is 1.39. The molecule has 0 radical (unpaired) electrons. The molecule has 0 bridgehead atoms. The summed E-state index contributed by atoms with van der Waals surface area (Å²) >= 11 is 0. The van der Waals surface area contributed by atoms with Gasteiger partial charge >= 0.3 is 12.0 Å². The van der Waals surface area contributed by atoms with E-state index in [1.165, 1.54) is 0 Å². The molecule has 0 saturated heterocycles. The summed E-state index contributed by atoms with van der Waals surface area (Å²) in [7, 11) is 1.73. The van der Waals surface area contributed by atoms with Crippen LogP contribution in [0.3, 0.4) is 0 Å². The number of hydrogen-bond donors (Lipinski definition) is 2. The Kier molecular flexibility index (Phi) is 5.64. The van der Waals surface area contributed by atoms with Gasteiger partial charge in [0.15, 0.2) is 0 Å². The van der Waals surface area contributed by atoms with Crippen molar-refractivity contribution in [3.63, 3.8) is 0 Å². The highest BCUT2D eigenvalue weighted by Crippen LogP contribution is 2.23. The van der Waals surface area contributed by atoms with Crippen molar-refractivity contribution in [2.45, 2.75) is 53.6 Å². The third-order valence-electron chi connectivity index (χ3n) is 3.65. The largest absolute Gasteiger partial charge is 0.481 e. The molecule has 18 heavy (non-hydrogen) atoms. The highest BCUT2D eigenvalue weighted by atomic mass is 16.4. The van der Waals surface area contributed by atoms with Crippen LogP contribution in [-0.2, 0) is 4.79 Å². The molecule has 0 aromatic carbocycles. The van der Waals surface area contributed by atoms with Crippen LogP contribution in [0, 0.1) is 11.3 Å². The van der Waals surface area contributed by atoms with Crippen molar-refractivity contribution in [1.29, 1.82) is 0 Å². The average Bonchev–Trinajstić information content (AvgIpc) is 2.24. The Morgan fingerprint density at radius 3 is 1.94 bits per heavy atom. The highest BCUT2D eigenvalue weighted by molar-refractivity contribution is 5.76. The molecule has 0 rings (SSSR count). The van der Waals surface area contributed by atoms with Crippen molar-refractivity contribution in [3.05, 3.63) is 0 Å². The molecule has 3 unspecified atom stereocenters. The summed E-state index contributed by atoms with van der Waals surface area (Å²) < 4.78 is 0. The summed E-state index contributed by atoms with van der Waals surface area (Å²) in [6.07, 6.45) is 0. The highest BCUT2D eigenvalue weighted by Gasteiger charge is 2.29. The lowest BCUT2D eigenvalue weighted by Gasteiger charge is -2.36. The van der Waals surface area contributed by atoms with Gasteiger partial charge < -0.3 is 15.3 Å². The van der Waals surface area contributed by atoms with Crippen LogP contribution in [0.2, 0.25) is 0 Å². The minimum Gasteiger partial charge on any atom is -0.481 e. The molecule has 0 heterocycles. The monoisotopic (exact) mass is 258 g/mol. The van der Waals surface area contributed by atoms with E-state index in [9.17, 15) is 9.59 Å². The number of aliphatic carboxylic acids is 1. The summed E-state index contributed by atoms with van der Waals surface area (Å²) in [5, 5.41) is 11.6. The van der Waals surface area contributed by atoms with Crippen LogP contribution in [-0.4, -0.2) is 41.1 Å². The fraction of sp³-hybridized carbons (Fsp3) is 0.846. The Balaban J connectivity index is 4.55. The van der Waals surface area contributed by atoms with Crippen LogP contribution in [0.1, 0.15) is 41.5 Å². The minimum absolute atomic E-state index is 0.0201. The standard InChI is InChI=1S/C13H26N2O3/c1-8(11(16)17)9(2)14-12(18)15(7)10(3)13(4,5)6/h8-10H,1-7H3,(H,14,18)(H,16,17). The first-order chi connectivity index (χ1) is 7.98. The molecule has 0 aliphatic heterocycles. The van der Waals surface area contributed by atoms with Gasteiger partial charge in [0.2, 0.25) is 0 Å². The lowest BCUT2D eigenvalue weighted by Crippen LogP contribution is -2.51. The van der Waals surface area contributed by atoms with Crippen LogP contribution < -0.4 is 5.32 Å². The lowest BCUT2D eigenvalue weighted by atomic mass is 9.87. The second-order valence-electron chi connectivity index (χ2n) is 6.02. The van der Waals surface area contributed by atoms with E-state index in [0.29, 0.717) is 0 Å². The Hall–Kier alpha value is -1.26. The zero-order valence-corrected chi connectivity index (χ0v) is 12.4. The maximum absolute atomic E-state index is 12.0. The molecule has 0 aliphatic rings. The van der Waals surface area contributed by atoms with E-state index in [-0.39, 0.29) is 17.5 Å². The molecule has 3 atom stereocenters. The first-order valence-corrected chi connectivity index (χ1v) is 6.24. The van der Waals surface area contributed by atoms with Crippen molar-refractivity contribution in [2.24, 2.45) is 11.3 Å². The normalized spacial score (nSPS) is 16.6. The van der Waals surface area contributed by atoms with Crippen molar-refractivity contribution < 1.29 is 14.7 Å². The van der Waals surface area contributed by atoms with E-state index in [1.54, 1.807) is 25.8 Å². The predicted octanol–water partition coefficient (Wildman–Crippen LogP) is 2.17. The van der Waals surface area contributed by atoms with Crippen molar-refractivity contribution >= 4 is 12.0 Å². The molecule has 0 fully saturated rings. The second-order valence-corrected chi connectivity index (χ2v) is 6.02. The molecule has 0 spiro atoms. The van der Waals surface area contributed by atoms with Crippen LogP contribution in [0.15, 0.2) is 0 Å². The molecule has 0 aromatic rings. The maximum atomic E-state index is 12.0. The first-order valence-electron chi connectivity index (χ1n) is 6.24. The quantitative estimate of drug-likeness (QED) is 0.812. The van der Waals surface area contributed by atoms with Crippen molar-refractivity contribution in [2.75, 3.05) is 7.05 Å². The van der Waals surface area contributed by atoms with E-state index in [0.717, 1.165) is 0 Å². The fourth-order valence-electron chi connectivity index (χ4n) is 1.39. The van der Waals surface area contributed by atoms with Crippen molar-refractivity contribution in [1.82, 2.24) is 10.2 Å². The summed E-state index contributed by atoms with van der Waals surface area (Å²) in [5.74, 6) is -1.51. The van der Waals surface area contributed by atoms with Gasteiger partial charge in [0, 0.05) is 19.1 Å². The zero-order valence-electron chi connectivity index (χ0n) is 12.4. The van der Waals surface area contributed by atoms with Gasteiger partial charge in [-0.3, -0.25) is 4.79 Å². The van der Waals surface area contributed by atoms with Crippen LogP contribution >= 0.6 is 0 Å². The van der Waals surface area contributed by atoms with E-state index < -0.39 is 17.9 Å². The summed E-state index contributed by atoms with van der Waals surface area (Å²) in [6.45, 7) is 11.4. The second kappa shape index (κ2) is 6.07. The van der Waals surface area contributed by atoms with Gasteiger partial charge in [-0.1, -0.05) is 20.8 Å². The van der Waals surface area contributed by atoms with E-state index in [4.69, 9.17) is 5.11 Å². The minimum atomic E-state index is -0.908. The van der Waals surface area contributed by atoms with Crippen LogP contribution in [0.25, 0.3) is 0 Å². The number of rotatable bonds is 4. The Morgan fingerprint density at radius 1 is 1.17 bits per heavy atom. The molecule has 0 aliphatic carbocycles. The Labute approximate surface area is 110 Å². The van der Waals surface area contributed by atoms with Crippen LogP contribution in [0.5, 0.6) is 0 Å². The molecule has 2 amide bonds. The van der Waals surface area contributed by atoms with E-state index in [2.05, 4.69) is 26.1 Å². The van der Waals surface area contributed by atoms with Gasteiger partial charge in [0.05, 0.1) is 5.92 Å². The number of urea groups is 1. The van der Waals surface area contributed by atoms with Gasteiger partial charge in [0.1, 0.15) is 0 Å². The lowest BCUT2D eigenvalue weighted by molar-refractivity contribution is -0.141. The van der Waals surface area contributed by atoms with Crippen LogP contribution in [0.4, 0.5) is 4.79 Å². The molecular weight excluding hydrogens is 232 g/mol. The van der Waals surface area contributed by atoms with Gasteiger partial charge in [-0.05, 0) is 26.2 Å². The molecule has 0 saturated carbocycles. The zero-order chi connectivity index (χ0) is 14.7. The third-order valence-corrected chi connectivity index (χ3v) is 3.65. The molecule has 5 heteroatoms. The number of carboxylic acids is 1. The van der Waals surface area contributed by atoms with Gasteiger partial charge in [-0.2, -0.15) is 0 Å². The molecule has 106 valence electrons.